The van der Waals surface area contributed by atoms with Gasteiger partial charge in [-0.05, 0) is 23.8 Å². The monoisotopic (exact) mass is 264 g/mol. The molecule has 0 aliphatic heterocycles. The Labute approximate surface area is 102 Å². The van der Waals surface area contributed by atoms with Gasteiger partial charge in [-0.25, -0.2) is 0 Å². The number of allylic oxidation sites excluding steroid dienone is 1. The molecule has 0 bridgehead atoms. The summed E-state index contributed by atoms with van der Waals surface area (Å²) in [6.07, 6.45) is 3.46. The van der Waals surface area contributed by atoms with E-state index in [2.05, 4.69) is 0 Å². The number of benzene rings is 1. The van der Waals surface area contributed by atoms with Crippen LogP contribution in [0.4, 0.5) is 0 Å². The Morgan fingerprint density at radius 2 is 1.93 bits per heavy atom. The van der Waals surface area contributed by atoms with E-state index in [0.717, 1.165) is 0 Å². The lowest BCUT2D eigenvalue weighted by molar-refractivity contribution is 0.112. The maximum Gasteiger partial charge on any atom is 0.209 e. The molecular formula is C10H7Cl3O2. The number of hydrogen-bond acceptors (Lipinski definition) is 2. The number of carbonyl (C=O) groups is 1. The highest BCUT2D eigenvalue weighted by atomic mass is 35.6. The van der Waals surface area contributed by atoms with Crippen LogP contribution < -0.4 is 0 Å². The minimum Gasteiger partial charge on any atom is -0.507 e. The average molecular weight is 266 g/mol. The van der Waals surface area contributed by atoms with Gasteiger partial charge in [0.15, 0.2) is 6.29 Å². The van der Waals surface area contributed by atoms with E-state index in [-0.39, 0.29) is 11.3 Å². The molecule has 0 atom stereocenters. The fourth-order valence-corrected chi connectivity index (χ4v) is 1.14. The van der Waals surface area contributed by atoms with Crippen LogP contribution in [0.1, 0.15) is 15.9 Å². The molecule has 80 valence electrons. The average Bonchev–Trinajstić information content (AvgIpc) is 2.14. The van der Waals surface area contributed by atoms with E-state index in [9.17, 15) is 9.90 Å². The van der Waals surface area contributed by atoms with Crippen molar-refractivity contribution in [3.8, 4) is 5.75 Å². The van der Waals surface area contributed by atoms with Gasteiger partial charge in [-0.2, -0.15) is 0 Å². The number of carbonyl (C=O) groups excluding carboxylic acids is 1. The molecule has 1 rings (SSSR count). The van der Waals surface area contributed by atoms with Crippen molar-refractivity contribution in [3.05, 3.63) is 35.4 Å². The maximum absolute atomic E-state index is 10.4. The fourth-order valence-electron chi connectivity index (χ4n) is 0.955. The van der Waals surface area contributed by atoms with Crippen LogP contribution >= 0.6 is 34.8 Å². The quantitative estimate of drug-likeness (QED) is 0.655. The van der Waals surface area contributed by atoms with Gasteiger partial charge < -0.3 is 5.11 Å². The zero-order chi connectivity index (χ0) is 11.5. The van der Waals surface area contributed by atoms with Gasteiger partial charge in [-0.15, -0.1) is 0 Å². The Bertz CT molecular complexity index is 394. The number of aromatic hydroxyl groups is 1. The lowest BCUT2D eigenvalue weighted by Crippen LogP contribution is -1.93. The van der Waals surface area contributed by atoms with Crippen LogP contribution in [0.2, 0.25) is 0 Å². The number of alkyl halides is 3. The van der Waals surface area contributed by atoms with E-state index in [4.69, 9.17) is 34.8 Å². The second-order valence-electron chi connectivity index (χ2n) is 2.81. The van der Waals surface area contributed by atoms with Crippen LogP contribution in [-0.2, 0) is 0 Å². The Morgan fingerprint density at radius 1 is 1.27 bits per heavy atom. The molecule has 1 aromatic carbocycles. The molecule has 2 nitrogen and oxygen atoms in total. The molecule has 0 unspecified atom stereocenters. The Hall–Kier alpha value is -0.700. The van der Waals surface area contributed by atoms with Crippen molar-refractivity contribution in [1.82, 2.24) is 0 Å². The van der Waals surface area contributed by atoms with E-state index in [1.165, 1.54) is 18.2 Å². The molecule has 15 heavy (non-hydrogen) atoms. The van der Waals surface area contributed by atoms with Crippen LogP contribution in [0.25, 0.3) is 6.08 Å². The van der Waals surface area contributed by atoms with Crippen LogP contribution in [0.15, 0.2) is 24.3 Å². The summed E-state index contributed by atoms with van der Waals surface area (Å²) in [6, 6.07) is 4.54. The number of aldehydes is 1. The van der Waals surface area contributed by atoms with E-state index >= 15 is 0 Å². The molecule has 0 heterocycles. The molecule has 0 aliphatic rings. The second kappa shape index (κ2) is 4.88. The van der Waals surface area contributed by atoms with Crippen LogP contribution in [0.3, 0.4) is 0 Å². The fraction of sp³-hybridized carbons (Fsp3) is 0.100. The van der Waals surface area contributed by atoms with Crippen LogP contribution in [0.5, 0.6) is 5.75 Å². The summed E-state index contributed by atoms with van der Waals surface area (Å²) in [7, 11) is 0. The first-order chi connectivity index (χ1) is 6.92. The van der Waals surface area contributed by atoms with Crippen molar-refractivity contribution in [1.29, 1.82) is 0 Å². The van der Waals surface area contributed by atoms with Gasteiger partial charge >= 0.3 is 0 Å². The van der Waals surface area contributed by atoms with Crippen molar-refractivity contribution in [2.24, 2.45) is 0 Å². The van der Waals surface area contributed by atoms with Gasteiger partial charge in [-0.1, -0.05) is 46.9 Å². The van der Waals surface area contributed by atoms with Crippen LogP contribution in [-0.4, -0.2) is 15.2 Å². The Balaban J connectivity index is 2.94. The summed E-state index contributed by atoms with van der Waals surface area (Å²) in [5.74, 6) is -0.100. The number of phenolic OH excluding ortho intramolecular Hbond substituents is 1. The van der Waals surface area contributed by atoms with Gasteiger partial charge in [0.25, 0.3) is 0 Å². The normalized spacial score (nSPS) is 11.9. The molecule has 0 spiro atoms. The summed E-state index contributed by atoms with van der Waals surface area (Å²) >= 11 is 16.5. The highest BCUT2D eigenvalue weighted by Crippen LogP contribution is 2.28. The van der Waals surface area contributed by atoms with Gasteiger partial charge in [0.1, 0.15) is 5.75 Å². The SMILES string of the molecule is O=Cc1ccc(C=CC(Cl)(Cl)Cl)cc1O. The van der Waals surface area contributed by atoms with Crippen molar-refractivity contribution in [2.75, 3.05) is 0 Å². The molecule has 0 aromatic heterocycles. The van der Waals surface area contributed by atoms with Crippen molar-refractivity contribution < 1.29 is 9.90 Å². The Morgan fingerprint density at radius 3 is 2.40 bits per heavy atom. The van der Waals surface area contributed by atoms with E-state index in [0.29, 0.717) is 11.8 Å². The molecule has 0 radical (unpaired) electrons. The molecule has 0 fully saturated rings. The van der Waals surface area contributed by atoms with E-state index in [1.54, 1.807) is 12.1 Å². The summed E-state index contributed by atoms with van der Waals surface area (Å²) in [5, 5.41) is 9.36. The van der Waals surface area contributed by atoms with Gasteiger partial charge in [-0.3, -0.25) is 4.79 Å². The van der Waals surface area contributed by atoms with Crippen molar-refractivity contribution in [3.63, 3.8) is 0 Å². The zero-order valence-electron chi connectivity index (χ0n) is 7.45. The molecule has 0 amide bonds. The molecule has 0 saturated carbocycles. The van der Waals surface area contributed by atoms with Gasteiger partial charge in [0, 0.05) is 0 Å². The van der Waals surface area contributed by atoms with Crippen LogP contribution in [0, 0.1) is 0 Å². The first kappa shape index (κ1) is 12.4. The topological polar surface area (TPSA) is 37.3 Å². The Kier molecular flexibility index (Phi) is 4.03. The predicted molar refractivity (Wildman–Crippen MR) is 62.8 cm³/mol. The summed E-state index contributed by atoms with van der Waals surface area (Å²) in [4.78, 5) is 10.4. The number of halogens is 3. The molecule has 0 saturated heterocycles. The number of hydrogen-bond donors (Lipinski definition) is 1. The number of phenols is 1. The highest BCUT2D eigenvalue weighted by Gasteiger charge is 2.13. The van der Waals surface area contributed by atoms with E-state index < -0.39 is 3.79 Å². The third-order valence-corrected chi connectivity index (χ3v) is 2.02. The highest BCUT2D eigenvalue weighted by molar-refractivity contribution is 6.69. The van der Waals surface area contributed by atoms with Crippen molar-refractivity contribution in [2.45, 2.75) is 3.79 Å². The minimum absolute atomic E-state index is 0.100. The molecule has 0 aliphatic carbocycles. The third-order valence-electron chi connectivity index (χ3n) is 1.65. The first-order valence-electron chi connectivity index (χ1n) is 3.96. The lowest BCUT2D eigenvalue weighted by atomic mass is 10.1. The third kappa shape index (κ3) is 4.12. The number of rotatable bonds is 2. The molecule has 1 N–H and O–H groups in total. The largest absolute Gasteiger partial charge is 0.507 e. The minimum atomic E-state index is -1.47. The smallest absolute Gasteiger partial charge is 0.209 e. The summed E-state index contributed by atoms with van der Waals surface area (Å²) in [5.41, 5.74) is 0.866. The molecule has 5 heteroatoms. The van der Waals surface area contributed by atoms with Crippen molar-refractivity contribution >= 4 is 47.2 Å². The first-order valence-corrected chi connectivity index (χ1v) is 5.10. The summed E-state index contributed by atoms with van der Waals surface area (Å²) < 4.78 is -1.47. The summed E-state index contributed by atoms with van der Waals surface area (Å²) in [6.45, 7) is 0. The van der Waals surface area contributed by atoms with Gasteiger partial charge in [0.05, 0.1) is 5.56 Å². The van der Waals surface area contributed by atoms with Gasteiger partial charge in [0.2, 0.25) is 3.79 Å². The molecular weight excluding hydrogens is 258 g/mol. The lowest BCUT2D eigenvalue weighted by Gasteiger charge is -2.03. The predicted octanol–water partition coefficient (Wildman–Crippen LogP) is 3.59. The second-order valence-corrected chi connectivity index (χ2v) is 5.18. The standard InChI is InChI=1S/C10H7Cl3O2/c11-10(12,13)4-3-7-1-2-8(6-14)9(15)5-7/h1-6,15H. The zero-order valence-corrected chi connectivity index (χ0v) is 9.72. The van der Waals surface area contributed by atoms with E-state index in [1.807, 2.05) is 0 Å². The maximum atomic E-state index is 10.4. The molecule has 1 aromatic rings.